The summed E-state index contributed by atoms with van der Waals surface area (Å²) in [6.45, 7) is 1.91. The monoisotopic (exact) mass is 267 g/mol. The van der Waals surface area contributed by atoms with Crippen molar-refractivity contribution < 1.29 is 9.21 Å². The molecule has 0 fully saturated rings. The second-order valence-electron chi connectivity index (χ2n) is 4.71. The zero-order valence-electron chi connectivity index (χ0n) is 11.0. The summed E-state index contributed by atoms with van der Waals surface area (Å²) in [5, 5.41) is 0. The molecule has 1 heterocycles. The average Bonchev–Trinajstić information content (AvgIpc) is 2.75. The molecule has 0 amide bonds. The first-order chi connectivity index (χ1) is 9.65. The van der Waals surface area contributed by atoms with Gasteiger partial charge in [-0.2, -0.15) is 0 Å². The molecule has 4 heteroatoms. The lowest BCUT2D eigenvalue weighted by atomic mass is 10.1. The lowest BCUT2D eigenvalue weighted by Gasteiger charge is -2.03. The molecule has 0 aliphatic heterocycles. The van der Waals surface area contributed by atoms with Crippen LogP contribution < -0.4 is 5.76 Å². The Balaban J connectivity index is 1.99. The first kappa shape index (κ1) is 12.4. The molecule has 0 atom stereocenters. The van der Waals surface area contributed by atoms with Crippen LogP contribution in [0.15, 0.2) is 57.7 Å². The van der Waals surface area contributed by atoms with Crippen LogP contribution in [0.5, 0.6) is 0 Å². The standard InChI is InChI=1S/C16H13NO3/c1-11-5-4-6-12(9-11)14(18)10-17-13-7-2-3-8-15(13)20-16(17)19/h2-9H,10H2,1H3. The van der Waals surface area contributed by atoms with Gasteiger partial charge in [0, 0.05) is 5.56 Å². The summed E-state index contributed by atoms with van der Waals surface area (Å²) in [7, 11) is 0. The molecule has 0 N–H and O–H groups in total. The fourth-order valence-corrected chi connectivity index (χ4v) is 2.22. The van der Waals surface area contributed by atoms with Crippen molar-refractivity contribution in [1.82, 2.24) is 4.57 Å². The van der Waals surface area contributed by atoms with Crippen LogP contribution in [-0.4, -0.2) is 10.4 Å². The van der Waals surface area contributed by atoms with E-state index in [0.29, 0.717) is 16.7 Å². The maximum absolute atomic E-state index is 12.3. The van der Waals surface area contributed by atoms with E-state index in [2.05, 4.69) is 0 Å². The normalized spacial score (nSPS) is 10.8. The van der Waals surface area contributed by atoms with Crippen molar-refractivity contribution in [1.29, 1.82) is 0 Å². The van der Waals surface area contributed by atoms with E-state index in [0.717, 1.165) is 5.56 Å². The lowest BCUT2D eigenvalue weighted by Crippen LogP contribution is -2.20. The second kappa shape index (κ2) is 4.81. The predicted octanol–water partition coefficient (Wildman–Crippen LogP) is 2.79. The smallest absolute Gasteiger partial charge is 0.408 e. The van der Waals surface area contributed by atoms with Gasteiger partial charge in [0.25, 0.3) is 0 Å². The number of oxazole rings is 1. The quantitative estimate of drug-likeness (QED) is 0.686. The van der Waals surface area contributed by atoms with E-state index in [1.165, 1.54) is 4.57 Å². The highest BCUT2D eigenvalue weighted by molar-refractivity contribution is 5.96. The number of fused-ring (bicyclic) bond motifs is 1. The van der Waals surface area contributed by atoms with Gasteiger partial charge in [-0.15, -0.1) is 0 Å². The number of ketones is 1. The fourth-order valence-electron chi connectivity index (χ4n) is 2.22. The largest absolute Gasteiger partial charge is 0.420 e. The van der Waals surface area contributed by atoms with E-state index in [4.69, 9.17) is 4.42 Å². The van der Waals surface area contributed by atoms with Gasteiger partial charge in [0.05, 0.1) is 12.1 Å². The first-order valence-electron chi connectivity index (χ1n) is 6.33. The summed E-state index contributed by atoms with van der Waals surface area (Å²) in [6, 6.07) is 14.4. The highest BCUT2D eigenvalue weighted by Crippen LogP contribution is 2.13. The number of para-hydroxylation sites is 2. The minimum absolute atomic E-state index is 0.0146. The van der Waals surface area contributed by atoms with E-state index < -0.39 is 5.76 Å². The molecule has 0 aliphatic carbocycles. The summed E-state index contributed by atoms with van der Waals surface area (Å²) in [5.41, 5.74) is 2.75. The van der Waals surface area contributed by atoms with Gasteiger partial charge in [0.1, 0.15) is 0 Å². The third-order valence-corrected chi connectivity index (χ3v) is 3.22. The molecule has 0 saturated heterocycles. The third kappa shape index (κ3) is 2.16. The fraction of sp³-hybridized carbons (Fsp3) is 0.125. The van der Waals surface area contributed by atoms with Crippen molar-refractivity contribution in [2.45, 2.75) is 13.5 Å². The van der Waals surface area contributed by atoms with Crippen LogP contribution >= 0.6 is 0 Å². The molecular weight excluding hydrogens is 254 g/mol. The van der Waals surface area contributed by atoms with E-state index >= 15 is 0 Å². The van der Waals surface area contributed by atoms with Gasteiger partial charge >= 0.3 is 5.76 Å². The van der Waals surface area contributed by atoms with Crippen LogP contribution in [-0.2, 0) is 6.54 Å². The number of aryl methyl sites for hydroxylation is 1. The Bertz CT molecular complexity index is 842. The van der Waals surface area contributed by atoms with Crippen LogP contribution in [0.2, 0.25) is 0 Å². The molecule has 3 aromatic rings. The van der Waals surface area contributed by atoms with Crippen LogP contribution in [0.25, 0.3) is 11.1 Å². The third-order valence-electron chi connectivity index (χ3n) is 3.22. The molecule has 1 aromatic heterocycles. The van der Waals surface area contributed by atoms with Crippen molar-refractivity contribution in [2.75, 3.05) is 0 Å². The maximum Gasteiger partial charge on any atom is 0.420 e. The number of Topliss-reactive ketones (excluding diaryl/α,β-unsaturated/α-hetero) is 1. The number of rotatable bonds is 3. The topological polar surface area (TPSA) is 52.2 Å². The van der Waals surface area contributed by atoms with Crippen molar-refractivity contribution in [2.24, 2.45) is 0 Å². The first-order valence-corrected chi connectivity index (χ1v) is 6.33. The van der Waals surface area contributed by atoms with E-state index in [1.54, 1.807) is 24.3 Å². The molecule has 0 bridgehead atoms. The molecule has 3 rings (SSSR count). The number of hydrogen-bond donors (Lipinski definition) is 0. The van der Waals surface area contributed by atoms with Gasteiger partial charge in [-0.3, -0.25) is 9.36 Å². The Labute approximate surface area is 115 Å². The minimum atomic E-state index is -0.507. The molecule has 2 aromatic carbocycles. The van der Waals surface area contributed by atoms with Gasteiger partial charge in [-0.25, -0.2) is 4.79 Å². The van der Waals surface area contributed by atoms with E-state index in [-0.39, 0.29) is 12.3 Å². The SMILES string of the molecule is Cc1cccc(C(=O)Cn2c(=O)oc3ccccc32)c1. The molecule has 0 saturated carbocycles. The number of aromatic nitrogens is 1. The molecule has 100 valence electrons. The van der Waals surface area contributed by atoms with E-state index in [9.17, 15) is 9.59 Å². The zero-order valence-corrected chi connectivity index (χ0v) is 11.0. The van der Waals surface area contributed by atoms with Crippen molar-refractivity contribution >= 4 is 16.9 Å². The summed E-state index contributed by atoms with van der Waals surface area (Å²) in [6.07, 6.45) is 0. The molecule has 0 spiro atoms. The van der Waals surface area contributed by atoms with Crippen LogP contribution in [0, 0.1) is 6.92 Å². The average molecular weight is 267 g/mol. The Morgan fingerprint density at radius 3 is 2.75 bits per heavy atom. The van der Waals surface area contributed by atoms with Crippen LogP contribution in [0.1, 0.15) is 15.9 Å². The van der Waals surface area contributed by atoms with Crippen molar-refractivity contribution in [3.8, 4) is 0 Å². The number of carbonyl (C=O) groups is 1. The Morgan fingerprint density at radius 1 is 1.15 bits per heavy atom. The van der Waals surface area contributed by atoms with Crippen molar-refractivity contribution in [3.05, 3.63) is 70.2 Å². The summed E-state index contributed by atoms with van der Waals surface area (Å²) in [4.78, 5) is 24.1. The molecule has 4 nitrogen and oxygen atoms in total. The number of benzene rings is 2. The molecule has 0 aliphatic rings. The Kier molecular flexibility index (Phi) is 2.99. The Morgan fingerprint density at radius 2 is 1.95 bits per heavy atom. The predicted molar refractivity (Wildman–Crippen MR) is 76.0 cm³/mol. The zero-order chi connectivity index (χ0) is 14.1. The lowest BCUT2D eigenvalue weighted by molar-refractivity contribution is 0.0970. The van der Waals surface area contributed by atoms with Gasteiger partial charge in [0.15, 0.2) is 11.4 Å². The maximum atomic E-state index is 12.3. The molecule has 20 heavy (non-hydrogen) atoms. The number of hydrogen-bond acceptors (Lipinski definition) is 3. The molecule has 0 radical (unpaired) electrons. The van der Waals surface area contributed by atoms with E-state index in [1.807, 2.05) is 31.2 Å². The summed E-state index contributed by atoms with van der Waals surface area (Å²) < 4.78 is 6.48. The van der Waals surface area contributed by atoms with Crippen LogP contribution in [0.4, 0.5) is 0 Å². The molecule has 0 unspecified atom stereocenters. The van der Waals surface area contributed by atoms with Crippen LogP contribution in [0.3, 0.4) is 0 Å². The molecular formula is C16H13NO3. The highest BCUT2D eigenvalue weighted by atomic mass is 16.4. The van der Waals surface area contributed by atoms with Gasteiger partial charge in [0.2, 0.25) is 0 Å². The number of nitrogens with zero attached hydrogens (tertiary/aromatic N) is 1. The summed E-state index contributed by atoms with van der Waals surface area (Å²) >= 11 is 0. The minimum Gasteiger partial charge on any atom is -0.408 e. The van der Waals surface area contributed by atoms with Gasteiger partial charge in [-0.05, 0) is 25.1 Å². The highest BCUT2D eigenvalue weighted by Gasteiger charge is 2.13. The number of carbonyl (C=O) groups excluding carboxylic acids is 1. The van der Waals surface area contributed by atoms with Gasteiger partial charge < -0.3 is 4.42 Å². The van der Waals surface area contributed by atoms with Crippen molar-refractivity contribution in [3.63, 3.8) is 0 Å². The van der Waals surface area contributed by atoms with Gasteiger partial charge in [-0.1, -0.05) is 35.9 Å². The second-order valence-corrected chi connectivity index (χ2v) is 4.71. The summed E-state index contributed by atoms with van der Waals surface area (Å²) in [5.74, 6) is -0.616. The Hall–Kier alpha value is -2.62.